The molecule has 4 heteroatoms. The van der Waals surface area contributed by atoms with Crippen LogP contribution < -0.4 is 10.1 Å². The summed E-state index contributed by atoms with van der Waals surface area (Å²) in [5.74, 6) is 0.812. The highest BCUT2D eigenvalue weighted by Gasteiger charge is 2.34. The predicted octanol–water partition coefficient (Wildman–Crippen LogP) is 1.58. The lowest BCUT2D eigenvalue weighted by atomic mass is 10.0. The zero-order valence-corrected chi connectivity index (χ0v) is 8.97. The van der Waals surface area contributed by atoms with Crippen molar-refractivity contribution in [2.24, 2.45) is 0 Å². The first-order valence-corrected chi connectivity index (χ1v) is 4.99. The summed E-state index contributed by atoms with van der Waals surface area (Å²) in [6.07, 6.45) is 1.73. The van der Waals surface area contributed by atoms with Crippen molar-refractivity contribution in [1.82, 2.24) is 10.3 Å². The van der Waals surface area contributed by atoms with E-state index in [1.54, 1.807) is 6.20 Å². The van der Waals surface area contributed by atoms with Crippen molar-refractivity contribution in [3.05, 3.63) is 22.9 Å². The molecule has 1 aromatic heterocycles. The number of hydrogen-bond donors (Lipinski definition) is 1. The van der Waals surface area contributed by atoms with Gasteiger partial charge in [-0.2, -0.15) is 0 Å². The Morgan fingerprint density at radius 1 is 1.62 bits per heavy atom. The maximum atomic E-state index is 5.80. The number of nitrogens with one attached hydrogen (secondary N) is 1. The Bertz CT molecular complexity index is 312. The highest BCUT2D eigenvalue weighted by Crippen LogP contribution is 2.27. The van der Waals surface area contributed by atoms with E-state index in [-0.39, 0.29) is 5.60 Å². The minimum absolute atomic E-state index is 0.0639. The summed E-state index contributed by atoms with van der Waals surface area (Å²) in [5.41, 5.74) is -0.0639. The Labute approximate surface area is 85.6 Å². The largest absolute Gasteiger partial charge is 0.482 e. The van der Waals surface area contributed by atoms with Crippen LogP contribution in [0.25, 0.3) is 0 Å². The van der Waals surface area contributed by atoms with E-state index in [9.17, 15) is 0 Å². The molecule has 1 saturated heterocycles. The minimum Gasteiger partial charge on any atom is -0.482 e. The Morgan fingerprint density at radius 2 is 2.38 bits per heavy atom. The molecule has 3 nitrogen and oxygen atoms in total. The van der Waals surface area contributed by atoms with Crippen LogP contribution in [0.15, 0.2) is 22.9 Å². The van der Waals surface area contributed by atoms with Crippen LogP contribution in [0.3, 0.4) is 0 Å². The molecule has 0 atom stereocenters. The van der Waals surface area contributed by atoms with E-state index in [1.807, 2.05) is 12.1 Å². The van der Waals surface area contributed by atoms with Gasteiger partial charge in [-0.25, -0.2) is 4.98 Å². The molecular formula is C9H11BrN2O. The monoisotopic (exact) mass is 242 g/mol. The molecule has 70 valence electrons. The molecule has 0 aromatic carbocycles. The molecule has 0 aliphatic carbocycles. The van der Waals surface area contributed by atoms with E-state index in [0.29, 0.717) is 0 Å². The molecule has 0 radical (unpaired) electrons. The molecule has 0 unspecified atom stereocenters. The molecule has 1 aromatic rings. The molecule has 0 amide bonds. The highest BCUT2D eigenvalue weighted by atomic mass is 79.9. The first-order chi connectivity index (χ1) is 6.20. The average molecular weight is 243 g/mol. The Kier molecular flexibility index (Phi) is 2.26. The van der Waals surface area contributed by atoms with Crippen LogP contribution in [0, 0.1) is 0 Å². The summed E-state index contributed by atoms with van der Waals surface area (Å²) < 4.78 is 6.56. The Hall–Kier alpha value is -0.610. The third-order valence-corrected chi connectivity index (χ3v) is 2.67. The van der Waals surface area contributed by atoms with Crippen molar-refractivity contribution in [3.63, 3.8) is 0 Å². The third-order valence-electron chi connectivity index (χ3n) is 2.08. The number of hydrogen-bond acceptors (Lipinski definition) is 3. The molecule has 0 bridgehead atoms. The van der Waals surface area contributed by atoms with Gasteiger partial charge in [-0.3, -0.25) is 0 Å². The van der Waals surface area contributed by atoms with E-state index in [2.05, 4.69) is 33.2 Å². The molecule has 0 spiro atoms. The van der Waals surface area contributed by atoms with Gasteiger partial charge >= 0.3 is 0 Å². The van der Waals surface area contributed by atoms with Gasteiger partial charge in [0.15, 0.2) is 5.75 Å². The fourth-order valence-electron chi connectivity index (χ4n) is 1.26. The van der Waals surface area contributed by atoms with Gasteiger partial charge in [0.2, 0.25) is 0 Å². The number of pyridine rings is 1. The summed E-state index contributed by atoms with van der Waals surface area (Å²) >= 11 is 3.35. The van der Waals surface area contributed by atoms with Gasteiger partial charge in [-0.1, -0.05) is 0 Å². The van der Waals surface area contributed by atoms with Crippen molar-refractivity contribution < 1.29 is 4.74 Å². The topological polar surface area (TPSA) is 34.1 Å². The smallest absolute Gasteiger partial charge is 0.153 e. The Morgan fingerprint density at radius 3 is 2.92 bits per heavy atom. The second-order valence-electron chi connectivity index (χ2n) is 3.45. The fraction of sp³-hybridized carbons (Fsp3) is 0.444. The number of nitrogens with zero attached hydrogens (tertiary/aromatic N) is 1. The lowest BCUT2D eigenvalue weighted by molar-refractivity contribution is 0.0337. The second-order valence-corrected chi connectivity index (χ2v) is 4.20. The van der Waals surface area contributed by atoms with Crippen LogP contribution in [-0.2, 0) is 0 Å². The maximum absolute atomic E-state index is 5.80. The van der Waals surface area contributed by atoms with Crippen LogP contribution in [0.1, 0.15) is 6.92 Å². The van der Waals surface area contributed by atoms with Gasteiger partial charge in [-0.15, -0.1) is 0 Å². The molecular weight excluding hydrogens is 232 g/mol. The van der Waals surface area contributed by atoms with Gasteiger partial charge in [-0.05, 0) is 35.0 Å². The molecule has 13 heavy (non-hydrogen) atoms. The number of halogens is 1. The summed E-state index contributed by atoms with van der Waals surface area (Å²) in [6.45, 7) is 3.88. The second kappa shape index (κ2) is 3.27. The van der Waals surface area contributed by atoms with E-state index in [0.717, 1.165) is 23.4 Å². The van der Waals surface area contributed by atoms with E-state index in [4.69, 9.17) is 4.74 Å². The fourth-order valence-corrected chi connectivity index (χ4v) is 1.59. The minimum atomic E-state index is -0.0639. The molecule has 2 heterocycles. The summed E-state index contributed by atoms with van der Waals surface area (Å²) in [7, 11) is 0. The van der Waals surface area contributed by atoms with Crippen molar-refractivity contribution in [1.29, 1.82) is 0 Å². The molecule has 1 N–H and O–H groups in total. The van der Waals surface area contributed by atoms with Crippen LogP contribution in [0.2, 0.25) is 0 Å². The zero-order chi connectivity index (χ0) is 9.31. The van der Waals surface area contributed by atoms with E-state index in [1.165, 1.54) is 0 Å². The van der Waals surface area contributed by atoms with E-state index < -0.39 is 0 Å². The number of aromatic nitrogens is 1. The highest BCUT2D eigenvalue weighted by molar-refractivity contribution is 9.10. The summed E-state index contributed by atoms with van der Waals surface area (Å²) in [4.78, 5) is 4.09. The Balaban J connectivity index is 2.13. The first kappa shape index (κ1) is 8.97. The zero-order valence-electron chi connectivity index (χ0n) is 7.38. The first-order valence-electron chi connectivity index (χ1n) is 4.20. The molecule has 1 fully saturated rings. The van der Waals surface area contributed by atoms with Gasteiger partial charge in [0.1, 0.15) is 10.2 Å². The van der Waals surface area contributed by atoms with Gasteiger partial charge in [0.25, 0.3) is 0 Å². The molecule has 1 aliphatic rings. The standard InChI is InChI=1S/C9H11BrN2O/c1-9(5-11-6-9)13-7-3-2-4-12-8(7)10/h2-4,11H,5-6H2,1H3. The maximum Gasteiger partial charge on any atom is 0.153 e. The summed E-state index contributed by atoms with van der Waals surface area (Å²) in [6, 6.07) is 3.79. The van der Waals surface area contributed by atoms with Crippen LogP contribution in [0.4, 0.5) is 0 Å². The normalized spacial score (nSPS) is 19.2. The average Bonchev–Trinajstić information content (AvgIpc) is 2.06. The molecule has 0 saturated carbocycles. The third kappa shape index (κ3) is 1.84. The lowest BCUT2D eigenvalue weighted by Crippen LogP contribution is -2.61. The molecule has 2 rings (SSSR count). The molecule has 1 aliphatic heterocycles. The number of ether oxygens (including phenoxy) is 1. The van der Waals surface area contributed by atoms with Crippen LogP contribution >= 0.6 is 15.9 Å². The lowest BCUT2D eigenvalue weighted by Gasteiger charge is -2.39. The van der Waals surface area contributed by atoms with Gasteiger partial charge in [0, 0.05) is 19.3 Å². The van der Waals surface area contributed by atoms with E-state index >= 15 is 0 Å². The van der Waals surface area contributed by atoms with Crippen molar-refractivity contribution in [2.75, 3.05) is 13.1 Å². The number of rotatable bonds is 2. The summed E-state index contributed by atoms with van der Waals surface area (Å²) in [5, 5.41) is 3.18. The van der Waals surface area contributed by atoms with Crippen molar-refractivity contribution in [3.8, 4) is 5.75 Å². The van der Waals surface area contributed by atoms with Crippen LogP contribution in [0.5, 0.6) is 5.75 Å². The van der Waals surface area contributed by atoms with Gasteiger partial charge < -0.3 is 10.1 Å². The van der Waals surface area contributed by atoms with Crippen molar-refractivity contribution in [2.45, 2.75) is 12.5 Å². The quantitative estimate of drug-likeness (QED) is 0.801. The van der Waals surface area contributed by atoms with Crippen molar-refractivity contribution >= 4 is 15.9 Å². The van der Waals surface area contributed by atoms with Crippen LogP contribution in [-0.4, -0.2) is 23.7 Å². The predicted molar refractivity (Wildman–Crippen MR) is 53.8 cm³/mol. The SMILES string of the molecule is CC1(Oc2cccnc2Br)CNC1. The van der Waals surface area contributed by atoms with Gasteiger partial charge in [0.05, 0.1) is 0 Å².